The molecule has 1 aliphatic rings. The zero-order valence-electron chi connectivity index (χ0n) is 13.1. The predicted molar refractivity (Wildman–Crippen MR) is 84.8 cm³/mol. The van der Waals surface area contributed by atoms with E-state index in [1.807, 2.05) is 13.8 Å². The highest BCUT2D eigenvalue weighted by Gasteiger charge is 2.47. The van der Waals surface area contributed by atoms with Gasteiger partial charge < -0.3 is 10.5 Å². The maximum Gasteiger partial charge on any atom is 0.248 e. The van der Waals surface area contributed by atoms with Crippen molar-refractivity contribution in [2.75, 3.05) is 18.6 Å². The van der Waals surface area contributed by atoms with Crippen molar-refractivity contribution >= 4 is 25.6 Å². The Hall–Kier alpha value is -0.570. The lowest BCUT2D eigenvalue weighted by molar-refractivity contribution is -0.186. The molecule has 0 fully saturated rings. The van der Waals surface area contributed by atoms with Crippen LogP contribution in [0.1, 0.15) is 34.1 Å². The van der Waals surface area contributed by atoms with E-state index >= 15 is 0 Å². The fourth-order valence-corrected chi connectivity index (χ4v) is 4.18. The van der Waals surface area contributed by atoms with Crippen LogP contribution in [0, 0.1) is 0 Å². The van der Waals surface area contributed by atoms with Crippen LogP contribution < -0.4 is 5.32 Å². The molecule has 0 aliphatic carbocycles. The minimum absolute atomic E-state index is 0.228. The fraction of sp³-hybridized carbons (Fsp3) is 0.769. The van der Waals surface area contributed by atoms with E-state index in [1.165, 1.54) is 11.3 Å². The van der Waals surface area contributed by atoms with Crippen LogP contribution in [0.25, 0.3) is 0 Å². The molecule has 1 heterocycles. The normalized spacial score (nSPS) is 21.1. The summed E-state index contributed by atoms with van der Waals surface area (Å²) >= 11 is 0. The molecule has 0 spiro atoms. The highest BCUT2D eigenvalue weighted by molar-refractivity contribution is 8.71. The van der Waals surface area contributed by atoms with Crippen LogP contribution >= 0.6 is 10.8 Å². The Morgan fingerprint density at radius 2 is 1.95 bits per heavy atom. The first-order valence-electron chi connectivity index (χ1n) is 6.73. The lowest BCUT2D eigenvalue weighted by Gasteiger charge is -2.35. The summed E-state index contributed by atoms with van der Waals surface area (Å²) in [5.41, 5.74) is -0.831. The molecule has 2 N–H and O–H groups in total. The average Bonchev–Trinajstić information content (AvgIpc) is 2.47. The predicted octanol–water partition coefficient (Wildman–Crippen LogP) is 1.37. The van der Waals surface area contributed by atoms with Crippen LogP contribution in [0.3, 0.4) is 0 Å². The Balaban J connectivity index is 2.53. The van der Waals surface area contributed by atoms with Crippen molar-refractivity contribution < 1.29 is 18.4 Å². The topological polar surface area (TPSA) is 86.7 Å². The Morgan fingerprint density at radius 1 is 1.38 bits per heavy atom. The van der Waals surface area contributed by atoms with Gasteiger partial charge in [-0.2, -0.15) is 5.06 Å². The van der Waals surface area contributed by atoms with Gasteiger partial charge in [-0.3, -0.25) is 4.79 Å². The molecule has 21 heavy (non-hydrogen) atoms. The smallest absolute Gasteiger partial charge is 0.248 e. The maximum absolute atomic E-state index is 12.2. The molecular formula is C13H24N2O4S2. The highest BCUT2D eigenvalue weighted by atomic mass is 33.1. The van der Waals surface area contributed by atoms with Crippen molar-refractivity contribution in [2.45, 2.75) is 45.2 Å². The van der Waals surface area contributed by atoms with Crippen molar-refractivity contribution in [1.82, 2.24) is 10.4 Å². The van der Waals surface area contributed by atoms with Gasteiger partial charge >= 0.3 is 0 Å². The van der Waals surface area contributed by atoms with Crippen molar-refractivity contribution in [3.63, 3.8) is 0 Å². The highest BCUT2D eigenvalue weighted by Crippen LogP contribution is 2.38. The summed E-state index contributed by atoms with van der Waals surface area (Å²) in [7, 11) is -2.15. The Kier molecular flexibility index (Phi) is 5.52. The minimum Gasteiger partial charge on any atom is -0.352 e. The summed E-state index contributed by atoms with van der Waals surface area (Å²) in [5, 5.41) is 14.1. The van der Waals surface area contributed by atoms with Crippen molar-refractivity contribution in [3.05, 3.63) is 11.6 Å². The van der Waals surface area contributed by atoms with Gasteiger partial charge in [-0.1, -0.05) is 6.08 Å². The largest absolute Gasteiger partial charge is 0.352 e. The number of nitrogens with one attached hydrogen (secondary N) is 1. The zero-order chi connectivity index (χ0) is 16.5. The first kappa shape index (κ1) is 18.5. The second-order valence-electron chi connectivity index (χ2n) is 6.22. The molecule has 0 saturated carbocycles. The second kappa shape index (κ2) is 6.28. The number of carbonyl (C=O) groups excluding carboxylic acids is 1. The van der Waals surface area contributed by atoms with Gasteiger partial charge in [-0.05, 0) is 44.9 Å². The molecule has 0 aromatic heterocycles. The van der Waals surface area contributed by atoms with Gasteiger partial charge in [0.1, 0.15) is 0 Å². The molecule has 0 bridgehead atoms. The van der Waals surface area contributed by atoms with Crippen molar-refractivity contribution in [1.29, 1.82) is 0 Å². The van der Waals surface area contributed by atoms with Gasteiger partial charge in [0.05, 0.1) is 11.1 Å². The van der Waals surface area contributed by atoms with Crippen molar-refractivity contribution in [2.24, 2.45) is 0 Å². The summed E-state index contributed by atoms with van der Waals surface area (Å²) in [5.74, 6) is 0.216. The van der Waals surface area contributed by atoms with Gasteiger partial charge in [0.15, 0.2) is 8.87 Å². The SMILES string of the molecule is CC1(C)C=C(C(=O)NCCCSS(C)(=O)=O)C(C)(C)N1O. The molecule has 0 aromatic carbocycles. The standard InChI is InChI=1S/C13H24N2O4S2/c1-12(2)9-10(13(3,4)15(12)17)11(16)14-7-6-8-20-21(5,18)19/h9,17H,6-8H2,1-5H3,(H,14,16). The number of hydrogen-bond donors (Lipinski definition) is 2. The van der Waals surface area contributed by atoms with Crippen LogP contribution in [-0.2, 0) is 13.7 Å². The van der Waals surface area contributed by atoms with E-state index in [2.05, 4.69) is 5.32 Å². The summed E-state index contributed by atoms with van der Waals surface area (Å²) in [6, 6.07) is 0. The van der Waals surface area contributed by atoms with Crippen LogP contribution in [0.4, 0.5) is 0 Å². The molecular weight excluding hydrogens is 312 g/mol. The van der Waals surface area contributed by atoms with E-state index in [0.717, 1.165) is 10.8 Å². The summed E-state index contributed by atoms with van der Waals surface area (Å²) < 4.78 is 21.9. The molecule has 1 rings (SSSR count). The first-order valence-corrected chi connectivity index (χ1v) is 10.1. The summed E-state index contributed by atoms with van der Waals surface area (Å²) in [6.45, 7) is 7.63. The number of hydroxylamine groups is 2. The Labute approximate surface area is 130 Å². The van der Waals surface area contributed by atoms with Crippen LogP contribution in [0.2, 0.25) is 0 Å². The van der Waals surface area contributed by atoms with Gasteiger partial charge in [0.25, 0.3) is 0 Å². The summed E-state index contributed by atoms with van der Waals surface area (Å²) in [4.78, 5) is 12.2. The third-order valence-electron chi connectivity index (χ3n) is 3.38. The number of amides is 1. The monoisotopic (exact) mass is 336 g/mol. The second-order valence-corrected chi connectivity index (χ2v) is 10.8. The van der Waals surface area contributed by atoms with Gasteiger partial charge in [0, 0.05) is 24.1 Å². The summed E-state index contributed by atoms with van der Waals surface area (Å²) in [6.07, 6.45) is 3.50. The third-order valence-corrected chi connectivity index (χ3v) is 6.05. The van der Waals surface area contributed by atoms with Gasteiger partial charge in [0.2, 0.25) is 5.91 Å². The van der Waals surface area contributed by atoms with E-state index in [4.69, 9.17) is 0 Å². The average molecular weight is 336 g/mol. The first-order chi connectivity index (χ1) is 9.38. The van der Waals surface area contributed by atoms with E-state index in [0.29, 0.717) is 24.3 Å². The number of rotatable bonds is 6. The molecule has 0 atom stereocenters. The molecule has 0 unspecified atom stereocenters. The number of nitrogens with zero attached hydrogens (tertiary/aromatic N) is 1. The van der Waals surface area contributed by atoms with Crippen LogP contribution in [-0.4, -0.2) is 54.2 Å². The quantitative estimate of drug-likeness (QED) is 0.563. The van der Waals surface area contributed by atoms with E-state index in [9.17, 15) is 18.4 Å². The zero-order valence-corrected chi connectivity index (χ0v) is 14.8. The van der Waals surface area contributed by atoms with Crippen LogP contribution in [0.15, 0.2) is 11.6 Å². The maximum atomic E-state index is 12.2. The fourth-order valence-electron chi connectivity index (χ4n) is 2.35. The minimum atomic E-state index is -3.03. The molecule has 0 aromatic rings. The molecule has 1 amide bonds. The van der Waals surface area contributed by atoms with E-state index in [1.54, 1.807) is 19.9 Å². The molecule has 0 radical (unpaired) electrons. The van der Waals surface area contributed by atoms with E-state index < -0.39 is 19.9 Å². The van der Waals surface area contributed by atoms with Gasteiger partial charge in [-0.15, -0.1) is 0 Å². The van der Waals surface area contributed by atoms with Crippen LogP contribution in [0.5, 0.6) is 0 Å². The third kappa shape index (κ3) is 4.70. The van der Waals surface area contributed by atoms with Gasteiger partial charge in [-0.25, -0.2) is 8.42 Å². The number of hydrogen-bond acceptors (Lipinski definition) is 6. The molecule has 6 nitrogen and oxygen atoms in total. The Bertz CT molecular complexity index is 538. The lowest BCUT2D eigenvalue weighted by atomic mass is 9.96. The lowest BCUT2D eigenvalue weighted by Crippen LogP contribution is -2.49. The number of carbonyl (C=O) groups is 1. The molecule has 8 heteroatoms. The molecule has 1 aliphatic heterocycles. The Morgan fingerprint density at radius 3 is 2.38 bits per heavy atom. The molecule has 122 valence electrons. The van der Waals surface area contributed by atoms with E-state index in [-0.39, 0.29) is 5.91 Å². The van der Waals surface area contributed by atoms with Crippen molar-refractivity contribution in [3.8, 4) is 0 Å². The molecule has 0 saturated heterocycles.